The van der Waals surface area contributed by atoms with Crippen LogP contribution in [0.4, 0.5) is 4.39 Å². The molecule has 3 nitrogen and oxygen atoms in total. The lowest BCUT2D eigenvalue weighted by atomic mass is 10.0. The van der Waals surface area contributed by atoms with Gasteiger partial charge in [-0.2, -0.15) is 0 Å². The number of ether oxygens (including phenoxy) is 1. The molecule has 2 N–H and O–H groups in total. The SMILES string of the molecule is COc1ccc(C(C)N2Cc3c(F)cccc3C2CN)cc1. The molecular formula is C18H21FN2O. The van der Waals surface area contributed by atoms with Crippen LogP contribution in [0.5, 0.6) is 5.75 Å². The van der Waals surface area contributed by atoms with Crippen LogP contribution in [0, 0.1) is 5.82 Å². The Morgan fingerprint density at radius 2 is 2.00 bits per heavy atom. The quantitative estimate of drug-likeness (QED) is 0.940. The molecule has 2 aromatic carbocycles. The Morgan fingerprint density at radius 1 is 1.27 bits per heavy atom. The second-order valence-electron chi connectivity index (χ2n) is 5.68. The summed E-state index contributed by atoms with van der Waals surface area (Å²) in [5.74, 6) is 0.697. The highest BCUT2D eigenvalue weighted by Gasteiger charge is 2.34. The van der Waals surface area contributed by atoms with Crippen LogP contribution in [0.1, 0.15) is 35.7 Å². The molecule has 4 heteroatoms. The molecule has 0 aromatic heterocycles. The fourth-order valence-electron chi connectivity index (χ4n) is 3.27. The van der Waals surface area contributed by atoms with E-state index in [9.17, 15) is 4.39 Å². The predicted molar refractivity (Wildman–Crippen MR) is 85.1 cm³/mol. The van der Waals surface area contributed by atoms with E-state index < -0.39 is 0 Å². The van der Waals surface area contributed by atoms with Crippen LogP contribution in [0.15, 0.2) is 42.5 Å². The Kier molecular flexibility index (Phi) is 4.14. The summed E-state index contributed by atoms with van der Waals surface area (Å²) in [6, 6.07) is 13.5. The van der Waals surface area contributed by atoms with Crippen LogP contribution in [0.3, 0.4) is 0 Å². The molecule has 0 amide bonds. The van der Waals surface area contributed by atoms with E-state index in [4.69, 9.17) is 10.5 Å². The van der Waals surface area contributed by atoms with E-state index in [1.807, 2.05) is 18.2 Å². The first kappa shape index (κ1) is 15.0. The van der Waals surface area contributed by atoms with Gasteiger partial charge in [0, 0.05) is 30.7 Å². The van der Waals surface area contributed by atoms with Crippen molar-refractivity contribution >= 4 is 0 Å². The third-order valence-electron chi connectivity index (χ3n) is 4.57. The summed E-state index contributed by atoms with van der Waals surface area (Å²) in [5.41, 5.74) is 8.93. The minimum atomic E-state index is -0.139. The van der Waals surface area contributed by atoms with Gasteiger partial charge in [0.25, 0.3) is 0 Å². The summed E-state index contributed by atoms with van der Waals surface area (Å²) in [6.45, 7) is 3.21. The van der Waals surface area contributed by atoms with Crippen LogP contribution < -0.4 is 10.5 Å². The van der Waals surface area contributed by atoms with Crippen LogP contribution in [-0.2, 0) is 6.54 Å². The number of halogens is 1. The number of nitrogens with two attached hydrogens (primary N) is 1. The maximum atomic E-state index is 14.1. The Labute approximate surface area is 130 Å². The maximum absolute atomic E-state index is 14.1. The number of hydrogen-bond donors (Lipinski definition) is 1. The molecule has 2 aromatic rings. The fourth-order valence-corrected chi connectivity index (χ4v) is 3.27. The molecule has 2 atom stereocenters. The van der Waals surface area contributed by atoms with E-state index in [1.54, 1.807) is 13.2 Å². The number of rotatable bonds is 4. The van der Waals surface area contributed by atoms with Gasteiger partial charge in [0.2, 0.25) is 0 Å². The van der Waals surface area contributed by atoms with Crippen molar-refractivity contribution in [1.82, 2.24) is 4.90 Å². The summed E-state index contributed by atoms with van der Waals surface area (Å²) >= 11 is 0. The fraction of sp³-hybridized carbons (Fsp3) is 0.333. The topological polar surface area (TPSA) is 38.5 Å². The molecule has 0 radical (unpaired) electrons. The number of fused-ring (bicyclic) bond motifs is 1. The Bertz CT molecular complexity index is 657. The van der Waals surface area contributed by atoms with Crippen molar-refractivity contribution in [3.8, 4) is 5.75 Å². The van der Waals surface area contributed by atoms with E-state index >= 15 is 0 Å². The van der Waals surface area contributed by atoms with Crippen molar-refractivity contribution in [2.24, 2.45) is 5.73 Å². The van der Waals surface area contributed by atoms with E-state index in [-0.39, 0.29) is 17.9 Å². The summed E-state index contributed by atoms with van der Waals surface area (Å²) in [5, 5.41) is 0. The molecule has 1 aliphatic heterocycles. The Balaban J connectivity index is 1.89. The predicted octanol–water partition coefficient (Wildman–Crippen LogP) is 3.41. The molecule has 0 saturated heterocycles. The zero-order valence-corrected chi connectivity index (χ0v) is 12.9. The molecule has 2 unspecified atom stereocenters. The summed E-state index contributed by atoms with van der Waals surface area (Å²) < 4.78 is 19.3. The number of methoxy groups -OCH3 is 1. The molecule has 0 spiro atoms. The van der Waals surface area contributed by atoms with E-state index in [0.717, 1.165) is 16.9 Å². The second-order valence-corrected chi connectivity index (χ2v) is 5.68. The molecule has 1 heterocycles. The Hall–Kier alpha value is -1.91. The van der Waals surface area contributed by atoms with Gasteiger partial charge in [-0.05, 0) is 36.2 Å². The second kappa shape index (κ2) is 6.07. The minimum Gasteiger partial charge on any atom is -0.497 e. The molecule has 0 fully saturated rings. The lowest BCUT2D eigenvalue weighted by Crippen LogP contribution is -2.30. The largest absolute Gasteiger partial charge is 0.497 e. The van der Waals surface area contributed by atoms with Crippen molar-refractivity contribution in [3.05, 3.63) is 65.0 Å². The van der Waals surface area contributed by atoms with Gasteiger partial charge >= 0.3 is 0 Å². The zero-order valence-electron chi connectivity index (χ0n) is 12.9. The smallest absolute Gasteiger partial charge is 0.128 e. The molecule has 22 heavy (non-hydrogen) atoms. The van der Waals surface area contributed by atoms with Crippen LogP contribution in [0.2, 0.25) is 0 Å². The van der Waals surface area contributed by atoms with Crippen LogP contribution in [0.25, 0.3) is 0 Å². The normalized spacial score (nSPS) is 19.0. The van der Waals surface area contributed by atoms with Crippen molar-refractivity contribution in [3.63, 3.8) is 0 Å². The standard InChI is InChI=1S/C18H21FN2O/c1-12(13-6-8-14(22-2)9-7-13)21-11-16-15(18(21)10-20)4-3-5-17(16)19/h3-9,12,18H,10-11,20H2,1-2H3. The number of hydrogen-bond acceptors (Lipinski definition) is 3. The lowest BCUT2D eigenvalue weighted by molar-refractivity contribution is 0.160. The van der Waals surface area contributed by atoms with Crippen molar-refractivity contribution in [2.45, 2.75) is 25.6 Å². The molecule has 3 rings (SSSR count). The molecule has 1 aliphatic rings. The highest BCUT2D eigenvalue weighted by atomic mass is 19.1. The van der Waals surface area contributed by atoms with Crippen LogP contribution >= 0.6 is 0 Å². The molecular weight excluding hydrogens is 279 g/mol. The third-order valence-corrected chi connectivity index (χ3v) is 4.57. The third kappa shape index (κ3) is 2.49. The monoisotopic (exact) mass is 300 g/mol. The van der Waals surface area contributed by atoms with Gasteiger partial charge in [-0.3, -0.25) is 4.90 Å². The van der Waals surface area contributed by atoms with Gasteiger partial charge in [-0.15, -0.1) is 0 Å². The van der Waals surface area contributed by atoms with Crippen LogP contribution in [-0.4, -0.2) is 18.6 Å². The van der Waals surface area contributed by atoms with Gasteiger partial charge in [0.1, 0.15) is 11.6 Å². The number of benzene rings is 2. The van der Waals surface area contributed by atoms with Gasteiger partial charge in [0.05, 0.1) is 7.11 Å². The van der Waals surface area contributed by atoms with E-state index in [2.05, 4.69) is 24.0 Å². The van der Waals surface area contributed by atoms with Gasteiger partial charge in [0.15, 0.2) is 0 Å². The molecule has 0 aliphatic carbocycles. The van der Waals surface area contributed by atoms with Crippen molar-refractivity contribution in [2.75, 3.05) is 13.7 Å². The van der Waals surface area contributed by atoms with Gasteiger partial charge < -0.3 is 10.5 Å². The number of nitrogens with zero attached hydrogens (tertiary/aromatic N) is 1. The highest BCUT2D eigenvalue weighted by Crippen LogP contribution is 2.40. The summed E-state index contributed by atoms with van der Waals surface area (Å²) in [7, 11) is 1.66. The van der Waals surface area contributed by atoms with Gasteiger partial charge in [-0.1, -0.05) is 24.3 Å². The molecule has 0 bridgehead atoms. The zero-order chi connectivity index (χ0) is 15.7. The lowest BCUT2D eigenvalue weighted by Gasteiger charge is -2.30. The summed E-state index contributed by atoms with van der Waals surface area (Å²) in [6.07, 6.45) is 0. The average Bonchev–Trinajstić information content (AvgIpc) is 2.94. The highest BCUT2D eigenvalue weighted by molar-refractivity contribution is 5.37. The Morgan fingerprint density at radius 3 is 2.64 bits per heavy atom. The molecule has 0 saturated carbocycles. The van der Waals surface area contributed by atoms with E-state index in [0.29, 0.717) is 13.1 Å². The minimum absolute atomic E-state index is 0.0581. The van der Waals surface area contributed by atoms with E-state index in [1.165, 1.54) is 11.6 Å². The molecule has 116 valence electrons. The summed E-state index contributed by atoms with van der Waals surface area (Å²) in [4.78, 5) is 2.26. The van der Waals surface area contributed by atoms with Crippen molar-refractivity contribution in [1.29, 1.82) is 0 Å². The first-order valence-electron chi connectivity index (χ1n) is 7.52. The first-order valence-corrected chi connectivity index (χ1v) is 7.52. The maximum Gasteiger partial charge on any atom is 0.128 e. The van der Waals surface area contributed by atoms with Gasteiger partial charge in [-0.25, -0.2) is 4.39 Å². The average molecular weight is 300 g/mol. The first-order chi connectivity index (χ1) is 10.7. The van der Waals surface area contributed by atoms with Crippen molar-refractivity contribution < 1.29 is 9.13 Å².